The van der Waals surface area contributed by atoms with E-state index in [1.54, 1.807) is 6.08 Å². The second kappa shape index (κ2) is 4.45. The zero-order chi connectivity index (χ0) is 9.68. The SMILES string of the molecule is C/C=C(/Cc1ccccc1)C(N)=O. The lowest BCUT2D eigenvalue weighted by molar-refractivity contribution is -0.114. The molecule has 0 aliphatic rings. The van der Waals surface area contributed by atoms with E-state index in [0.717, 1.165) is 5.56 Å². The maximum Gasteiger partial charge on any atom is 0.244 e. The summed E-state index contributed by atoms with van der Waals surface area (Å²) in [7, 11) is 0. The maximum absolute atomic E-state index is 10.9. The Hall–Kier alpha value is -1.57. The molecule has 0 heterocycles. The smallest absolute Gasteiger partial charge is 0.244 e. The van der Waals surface area contributed by atoms with E-state index in [2.05, 4.69) is 0 Å². The van der Waals surface area contributed by atoms with E-state index in [9.17, 15) is 4.79 Å². The third-order valence-corrected chi connectivity index (χ3v) is 1.90. The van der Waals surface area contributed by atoms with Gasteiger partial charge in [0.25, 0.3) is 0 Å². The molecule has 1 rings (SSSR count). The molecule has 0 unspecified atom stereocenters. The van der Waals surface area contributed by atoms with Crippen LogP contribution in [0.25, 0.3) is 0 Å². The first kappa shape index (κ1) is 9.52. The first-order valence-electron chi connectivity index (χ1n) is 4.23. The van der Waals surface area contributed by atoms with Crippen LogP contribution in [-0.4, -0.2) is 5.91 Å². The zero-order valence-corrected chi connectivity index (χ0v) is 7.66. The second-order valence-corrected chi connectivity index (χ2v) is 2.84. The highest BCUT2D eigenvalue weighted by atomic mass is 16.1. The lowest BCUT2D eigenvalue weighted by atomic mass is 10.1. The second-order valence-electron chi connectivity index (χ2n) is 2.84. The predicted molar refractivity (Wildman–Crippen MR) is 53.1 cm³/mol. The van der Waals surface area contributed by atoms with Gasteiger partial charge in [-0.25, -0.2) is 0 Å². The molecule has 0 radical (unpaired) electrons. The summed E-state index contributed by atoms with van der Waals surface area (Å²) < 4.78 is 0. The van der Waals surface area contributed by atoms with Crippen LogP contribution in [0, 0.1) is 0 Å². The van der Waals surface area contributed by atoms with Crippen LogP contribution in [0.5, 0.6) is 0 Å². The summed E-state index contributed by atoms with van der Waals surface area (Å²) in [6.07, 6.45) is 2.38. The lowest BCUT2D eigenvalue weighted by Crippen LogP contribution is -2.15. The van der Waals surface area contributed by atoms with E-state index in [1.807, 2.05) is 37.3 Å². The molecular weight excluding hydrogens is 162 g/mol. The highest BCUT2D eigenvalue weighted by Gasteiger charge is 2.03. The van der Waals surface area contributed by atoms with Crippen molar-refractivity contribution in [3.8, 4) is 0 Å². The molecule has 0 saturated carbocycles. The molecule has 2 nitrogen and oxygen atoms in total. The Morgan fingerprint density at radius 2 is 2.00 bits per heavy atom. The van der Waals surface area contributed by atoms with Gasteiger partial charge in [-0.05, 0) is 12.5 Å². The van der Waals surface area contributed by atoms with Gasteiger partial charge in [0.1, 0.15) is 0 Å². The molecule has 13 heavy (non-hydrogen) atoms. The van der Waals surface area contributed by atoms with Crippen molar-refractivity contribution in [2.75, 3.05) is 0 Å². The Labute approximate surface area is 78.1 Å². The topological polar surface area (TPSA) is 43.1 Å². The first-order chi connectivity index (χ1) is 6.24. The zero-order valence-electron chi connectivity index (χ0n) is 7.66. The molecule has 68 valence electrons. The van der Waals surface area contributed by atoms with Gasteiger partial charge in [-0.15, -0.1) is 0 Å². The summed E-state index contributed by atoms with van der Waals surface area (Å²) >= 11 is 0. The third-order valence-electron chi connectivity index (χ3n) is 1.90. The summed E-state index contributed by atoms with van der Waals surface area (Å²) in [5, 5.41) is 0. The number of carbonyl (C=O) groups is 1. The molecule has 0 bridgehead atoms. The van der Waals surface area contributed by atoms with E-state index in [-0.39, 0.29) is 5.91 Å². The van der Waals surface area contributed by atoms with Crippen LogP contribution < -0.4 is 5.73 Å². The molecule has 0 aromatic heterocycles. The Balaban J connectivity index is 2.74. The third kappa shape index (κ3) is 2.75. The Bertz CT molecular complexity index is 314. The molecule has 0 atom stereocenters. The van der Waals surface area contributed by atoms with Crippen molar-refractivity contribution >= 4 is 5.91 Å². The van der Waals surface area contributed by atoms with Gasteiger partial charge in [0, 0.05) is 12.0 Å². The van der Waals surface area contributed by atoms with Gasteiger partial charge in [-0.2, -0.15) is 0 Å². The first-order valence-corrected chi connectivity index (χ1v) is 4.23. The molecular formula is C11H13NO. The molecule has 0 fully saturated rings. The van der Waals surface area contributed by atoms with Crippen LogP contribution in [0.1, 0.15) is 12.5 Å². The molecule has 0 saturated heterocycles. The minimum absolute atomic E-state index is 0.341. The molecule has 1 aromatic rings. The summed E-state index contributed by atoms with van der Waals surface area (Å²) in [6, 6.07) is 9.80. The number of hydrogen-bond donors (Lipinski definition) is 1. The monoisotopic (exact) mass is 175 g/mol. The van der Waals surface area contributed by atoms with Gasteiger partial charge in [0.2, 0.25) is 5.91 Å². The molecule has 1 amide bonds. The largest absolute Gasteiger partial charge is 0.366 e. The van der Waals surface area contributed by atoms with Crippen molar-refractivity contribution in [3.05, 3.63) is 47.5 Å². The number of allylic oxidation sites excluding steroid dienone is 1. The highest BCUT2D eigenvalue weighted by molar-refractivity contribution is 5.92. The molecule has 0 aliphatic heterocycles. The molecule has 0 spiro atoms. The van der Waals surface area contributed by atoms with E-state index in [1.165, 1.54) is 0 Å². The fourth-order valence-corrected chi connectivity index (χ4v) is 1.15. The number of amides is 1. The van der Waals surface area contributed by atoms with Crippen LogP contribution in [0.15, 0.2) is 42.0 Å². The van der Waals surface area contributed by atoms with Crippen molar-refractivity contribution in [2.24, 2.45) is 5.73 Å². The van der Waals surface area contributed by atoms with E-state index >= 15 is 0 Å². The van der Waals surface area contributed by atoms with Gasteiger partial charge >= 0.3 is 0 Å². The Morgan fingerprint density at radius 1 is 1.38 bits per heavy atom. The number of hydrogen-bond acceptors (Lipinski definition) is 1. The number of carbonyl (C=O) groups excluding carboxylic acids is 1. The molecule has 2 heteroatoms. The number of primary amides is 1. The maximum atomic E-state index is 10.9. The standard InChI is InChI=1S/C11H13NO/c1-2-10(11(12)13)8-9-6-4-3-5-7-9/h2-7H,8H2,1H3,(H2,12,13)/b10-2-. The predicted octanol–water partition coefficient (Wildman–Crippen LogP) is 1.66. The van der Waals surface area contributed by atoms with Gasteiger partial charge < -0.3 is 5.73 Å². The number of nitrogens with two attached hydrogens (primary N) is 1. The molecule has 2 N–H and O–H groups in total. The summed E-state index contributed by atoms with van der Waals surface area (Å²) in [4.78, 5) is 10.9. The van der Waals surface area contributed by atoms with Crippen LogP contribution in [-0.2, 0) is 11.2 Å². The summed E-state index contributed by atoms with van der Waals surface area (Å²) in [5.74, 6) is -0.341. The molecule has 1 aromatic carbocycles. The summed E-state index contributed by atoms with van der Waals surface area (Å²) in [5.41, 5.74) is 6.95. The Kier molecular flexibility index (Phi) is 3.26. The minimum Gasteiger partial charge on any atom is -0.366 e. The average Bonchev–Trinajstić information content (AvgIpc) is 2.15. The van der Waals surface area contributed by atoms with Crippen LogP contribution >= 0.6 is 0 Å². The minimum atomic E-state index is -0.341. The van der Waals surface area contributed by atoms with Gasteiger partial charge in [0.15, 0.2) is 0 Å². The van der Waals surface area contributed by atoms with Crippen LogP contribution in [0.4, 0.5) is 0 Å². The average molecular weight is 175 g/mol. The van der Waals surface area contributed by atoms with E-state index in [0.29, 0.717) is 12.0 Å². The van der Waals surface area contributed by atoms with Crippen LogP contribution in [0.2, 0.25) is 0 Å². The number of benzene rings is 1. The number of rotatable bonds is 3. The van der Waals surface area contributed by atoms with Gasteiger partial charge in [-0.1, -0.05) is 36.4 Å². The lowest BCUT2D eigenvalue weighted by Gasteiger charge is -2.01. The van der Waals surface area contributed by atoms with Crippen molar-refractivity contribution in [1.29, 1.82) is 0 Å². The normalized spacial score (nSPS) is 11.3. The van der Waals surface area contributed by atoms with Crippen molar-refractivity contribution in [3.63, 3.8) is 0 Å². The Morgan fingerprint density at radius 3 is 2.46 bits per heavy atom. The highest BCUT2D eigenvalue weighted by Crippen LogP contribution is 2.06. The summed E-state index contributed by atoms with van der Waals surface area (Å²) in [6.45, 7) is 1.82. The van der Waals surface area contributed by atoms with E-state index < -0.39 is 0 Å². The molecule has 0 aliphatic carbocycles. The van der Waals surface area contributed by atoms with Crippen molar-refractivity contribution in [1.82, 2.24) is 0 Å². The van der Waals surface area contributed by atoms with Gasteiger partial charge in [0.05, 0.1) is 0 Å². The van der Waals surface area contributed by atoms with Crippen molar-refractivity contribution in [2.45, 2.75) is 13.3 Å². The quantitative estimate of drug-likeness (QED) is 0.697. The fourth-order valence-electron chi connectivity index (χ4n) is 1.15. The van der Waals surface area contributed by atoms with Gasteiger partial charge in [-0.3, -0.25) is 4.79 Å². The van der Waals surface area contributed by atoms with Crippen molar-refractivity contribution < 1.29 is 4.79 Å². The fraction of sp³-hybridized carbons (Fsp3) is 0.182. The van der Waals surface area contributed by atoms with Crippen LogP contribution in [0.3, 0.4) is 0 Å². The van der Waals surface area contributed by atoms with E-state index in [4.69, 9.17) is 5.73 Å².